The second-order valence-corrected chi connectivity index (χ2v) is 6.87. The molecule has 3 rings (SSSR count). The van der Waals surface area contributed by atoms with Crippen LogP contribution in [0.1, 0.15) is 12.8 Å². The summed E-state index contributed by atoms with van der Waals surface area (Å²) in [6.45, 7) is 3.78. The van der Waals surface area contributed by atoms with Crippen LogP contribution in [0.3, 0.4) is 0 Å². The van der Waals surface area contributed by atoms with E-state index in [1.165, 1.54) is 0 Å². The number of methoxy groups -OCH3 is 2. The first-order chi connectivity index (χ1) is 12.2. The Hall–Kier alpha value is -1.79. The van der Waals surface area contributed by atoms with E-state index in [1.807, 2.05) is 29.2 Å². The summed E-state index contributed by atoms with van der Waals surface area (Å²) in [5.74, 6) is 1.83. The average Bonchev–Trinajstić information content (AvgIpc) is 2.99. The van der Waals surface area contributed by atoms with E-state index in [0.717, 1.165) is 44.9 Å². The van der Waals surface area contributed by atoms with Crippen molar-refractivity contribution in [3.8, 4) is 11.5 Å². The van der Waals surface area contributed by atoms with Crippen LogP contribution in [0.25, 0.3) is 0 Å². The lowest BCUT2D eigenvalue weighted by atomic mass is 9.72. The Morgan fingerprint density at radius 2 is 1.88 bits per heavy atom. The first kappa shape index (κ1) is 18.0. The third-order valence-corrected chi connectivity index (χ3v) is 5.44. The standard InChI is InChI=1S/C19H27NO5/c1-22-12-15-11-20(14-19(15)7-9-24-10-8-19)18(21)13-25-17-5-3-16(23-2)4-6-17/h3-6,15H,7-14H2,1-2H3/t15-/m0/s1. The smallest absolute Gasteiger partial charge is 0.260 e. The molecule has 6 nitrogen and oxygen atoms in total. The van der Waals surface area contributed by atoms with Crippen molar-refractivity contribution >= 4 is 5.91 Å². The van der Waals surface area contributed by atoms with Crippen molar-refractivity contribution < 1.29 is 23.7 Å². The highest BCUT2D eigenvalue weighted by atomic mass is 16.5. The molecule has 0 bridgehead atoms. The second-order valence-electron chi connectivity index (χ2n) is 6.87. The van der Waals surface area contributed by atoms with Crippen molar-refractivity contribution in [1.29, 1.82) is 0 Å². The number of carbonyl (C=O) groups is 1. The predicted octanol–water partition coefficient (Wildman–Crippen LogP) is 1.98. The summed E-state index contributed by atoms with van der Waals surface area (Å²) >= 11 is 0. The van der Waals surface area contributed by atoms with Crippen LogP contribution in [0.2, 0.25) is 0 Å². The maximum absolute atomic E-state index is 12.6. The van der Waals surface area contributed by atoms with Gasteiger partial charge in [0.15, 0.2) is 6.61 Å². The second kappa shape index (κ2) is 8.06. The molecule has 0 radical (unpaired) electrons. The Kier molecular flexibility index (Phi) is 5.81. The fourth-order valence-corrected chi connectivity index (χ4v) is 3.91. The molecule has 0 N–H and O–H groups in total. The van der Waals surface area contributed by atoms with Gasteiger partial charge in [-0.1, -0.05) is 0 Å². The van der Waals surface area contributed by atoms with Gasteiger partial charge in [0.05, 0.1) is 13.7 Å². The molecule has 2 saturated heterocycles. The zero-order valence-electron chi connectivity index (χ0n) is 15.0. The van der Waals surface area contributed by atoms with E-state index < -0.39 is 0 Å². The molecule has 2 aliphatic rings. The zero-order valence-corrected chi connectivity index (χ0v) is 15.0. The molecule has 138 valence electrons. The topological polar surface area (TPSA) is 57.2 Å². The summed E-state index contributed by atoms with van der Waals surface area (Å²) in [7, 11) is 3.35. The molecule has 0 saturated carbocycles. The number of rotatable bonds is 6. The van der Waals surface area contributed by atoms with Gasteiger partial charge in [-0.25, -0.2) is 0 Å². The summed E-state index contributed by atoms with van der Waals surface area (Å²) in [5, 5.41) is 0. The van der Waals surface area contributed by atoms with Crippen LogP contribution in [0.15, 0.2) is 24.3 Å². The van der Waals surface area contributed by atoms with Crippen LogP contribution in [0.5, 0.6) is 11.5 Å². The first-order valence-corrected chi connectivity index (χ1v) is 8.78. The molecule has 2 heterocycles. The minimum Gasteiger partial charge on any atom is -0.497 e. The molecule has 6 heteroatoms. The quantitative estimate of drug-likeness (QED) is 0.786. The lowest BCUT2D eigenvalue weighted by Gasteiger charge is -2.37. The van der Waals surface area contributed by atoms with E-state index in [9.17, 15) is 4.79 Å². The van der Waals surface area contributed by atoms with Gasteiger partial charge in [-0.15, -0.1) is 0 Å². The van der Waals surface area contributed by atoms with Crippen molar-refractivity contribution in [1.82, 2.24) is 4.90 Å². The van der Waals surface area contributed by atoms with Gasteiger partial charge in [0.2, 0.25) is 0 Å². The highest BCUT2D eigenvalue weighted by Crippen LogP contribution is 2.44. The van der Waals surface area contributed by atoms with Crippen molar-refractivity contribution in [2.45, 2.75) is 12.8 Å². The predicted molar refractivity (Wildman–Crippen MR) is 92.9 cm³/mol. The van der Waals surface area contributed by atoms with Crippen LogP contribution >= 0.6 is 0 Å². The van der Waals surface area contributed by atoms with Gasteiger partial charge < -0.3 is 23.8 Å². The Labute approximate surface area is 149 Å². The van der Waals surface area contributed by atoms with E-state index in [-0.39, 0.29) is 17.9 Å². The van der Waals surface area contributed by atoms with Crippen molar-refractivity contribution in [2.75, 3.05) is 53.7 Å². The summed E-state index contributed by atoms with van der Waals surface area (Å²) in [6.07, 6.45) is 1.98. The minimum atomic E-state index is 0.0280. The van der Waals surface area contributed by atoms with Crippen LogP contribution in [-0.2, 0) is 14.3 Å². The molecule has 2 aliphatic heterocycles. The average molecular weight is 349 g/mol. The van der Waals surface area contributed by atoms with E-state index >= 15 is 0 Å². The third-order valence-electron chi connectivity index (χ3n) is 5.44. The van der Waals surface area contributed by atoms with E-state index in [4.69, 9.17) is 18.9 Å². The molecule has 1 atom stereocenters. The van der Waals surface area contributed by atoms with Crippen LogP contribution < -0.4 is 9.47 Å². The molecule has 0 aromatic heterocycles. The van der Waals surface area contributed by atoms with Crippen molar-refractivity contribution in [3.63, 3.8) is 0 Å². The van der Waals surface area contributed by atoms with E-state index in [1.54, 1.807) is 14.2 Å². The van der Waals surface area contributed by atoms with Crippen LogP contribution in [-0.4, -0.2) is 64.5 Å². The summed E-state index contributed by atoms with van der Waals surface area (Å²) in [4.78, 5) is 14.6. The summed E-state index contributed by atoms with van der Waals surface area (Å²) in [5.41, 5.74) is 0.129. The lowest BCUT2D eigenvalue weighted by molar-refractivity contribution is -0.133. The van der Waals surface area contributed by atoms with Gasteiger partial charge in [0.25, 0.3) is 5.91 Å². The van der Waals surface area contributed by atoms with Gasteiger partial charge in [-0.2, -0.15) is 0 Å². The Morgan fingerprint density at radius 3 is 2.52 bits per heavy atom. The maximum atomic E-state index is 12.6. The number of carbonyl (C=O) groups excluding carboxylic acids is 1. The molecule has 2 fully saturated rings. The number of benzene rings is 1. The Morgan fingerprint density at radius 1 is 1.20 bits per heavy atom. The molecule has 1 aromatic carbocycles. The SMILES string of the molecule is COC[C@@H]1CN(C(=O)COc2ccc(OC)cc2)CC12CCOCC2. The molecule has 1 amide bonds. The van der Waals surface area contributed by atoms with Gasteiger partial charge in [-0.3, -0.25) is 4.79 Å². The third kappa shape index (κ3) is 4.07. The molecular weight excluding hydrogens is 322 g/mol. The molecule has 1 spiro atoms. The van der Waals surface area contributed by atoms with Gasteiger partial charge >= 0.3 is 0 Å². The molecule has 1 aromatic rings. The van der Waals surface area contributed by atoms with Gasteiger partial charge in [0, 0.05) is 39.3 Å². The van der Waals surface area contributed by atoms with Crippen LogP contribution in [0, 0.1) is 11.3 Å². The summed E-state index contributed by atoms with van der Waals surface area (Å²) in [6, 6.07) is 7.26. The number of nitrogens with zero attached hydrogens (tertiary/aromatic N) is 1. The fourth-order valence-electron chi connectivity index (χ4n) is 3.91. The monoisotopic (exact) mass is 349 g/mol. The normalized spacial score (nSPS) is 22.2. The van der Waals surface area contributed by atoms with E-state index in [2.05, 4.69) is 0 Å². The molecule has 0 unspecified atom stereocenters. The molecule has 0 aliphatic carbocycles. The van der Waals surface area contributed by atoms with E-state index in [0.29, 0.717) is 18.3 Å². The number of hydrogen-bond donors (Lipinski definition) is 0. The molecule has 25 heavy (non-hydrogen) atoms. The first-order valence-electron chi connectivity index (χ1n) is 8.78. The number of ether oxygens (including phenoxy) is 4. The minimum absolute atomic E-state index is 0.0280. The highest BCUT2D eigenvalue weighted by Gasteiger charge is 2.48. The molecular formula is C19H27NO5. The van der Waals surface area contributed by atoms with Crippen molar-refractivity contribution in [3.05, 3.63) is 24.3 Å². The largest absolute Gasteiger partial charge is 0.497 e. The van der Waals surface area contributed by atoms with Gasteiger partial charge in [0.1, 0.15) is 11.5 Å². The lowest BCUT2D eigenvalue weighted by Crippen LogP contribution is -2.39. The number of likely N-dealkylation sites (tertiary alicyclic amines) is 1. The number of hydrogen-bond acceptors (Lipinski definition) is 5. The number of amides is 1. The van der Waals surface area contributed by atoms with Crippen LogP contribution in [0.4, 0.5) is 0 Å². The van der Waals surface area contributed by atoms with Crippen molar-refractivity contribution in [2.24, 2.45) is 11.3 Å². The highest BCUT2D eigenvalue weighted by molar-refractivity contribution is 5.78. The summed E-state index contributed by atoms with van der Waals surface area (Å²) < 4.78 is 21.7. The Bertz CT molecular complexity index is 568. The van der Waals surface area contributed by atoms with Gasteiger partial charge in [-0.05, 0) is 42.5 Å². The fraction of sp³-hybridized carbons (Fsp3) is 0.632. The Balaban J connectivity index is 1.58. The zero-order chi connectivity index (χ0) is 17.7. The maximum Gasteiger partial charge on any atom is 0.260 e.